The van der Waals surface area contributed by atoms with E-state index in [2.05, 4.69) is 10.3 Å². The van der Waals surface area contributed by atoms with Gasteiger partial charge in [-0.05, 0) is 31.2 Å². The number of nitro benzene ring substituents is 1. The number of hydrogen-bond acceptors (Lipinski definition) is 7. The molecular formula is C19H16FN3O5S. The lowest BCUT2D eigenvalue weighted by atomic mass is 10.1. The van der Waals surface area contributed by atoms with Crippen molar-refractivity contribution in [1.29, 1.82) is 0 Å². The molecule has 0 aliphatic rings. The molecule has 10 heteroatoms. The van der Waals surface area contributed by atoms with Gasteiger partial charge in [0.15, 0.2) is 16.6 Å². The van der Waals surface area contributed by atoms with Crippen LogP contribution in [0, 0.1) is 15.9 Å². The molecule has 1 amide bonds. The third-order valence-electron chi connectivity index (χ3n) is 3.89. The highest BCUT2D eigenvalue weighted by Gasteiger charge is 2.25. The van der Waals surface area contributed by atoms with Gasteiger partial charge < -0.3 is 9.47 Å². The number of thiazole rings is 1. The van der Waals surface area contributed by atoms with E-state index >= 15 is 0 Å². The highest BCUT2D eigenvalue weighted by molar-refractivity contribution is 7.14. The maximum atomic E-state index is 13.1. The Morgan fingerprint density at radius 3 is 2.62 bits per heavy atom. The van der Waals surface area contributed by atoms with Crippen LogP contribution in [0.15, 0.2) is 41.8 Å². The van der Waals surface area contributed by atoms with Gasteiger partial charge in [0.25, 0.3) is 11.6 Å². The van der Waals surface area contributed by atoms with Crippen molar-refractivity contribution in [2.24, 2.45) is 0 Å². The summed E-state index contributed by atoms with van der Waals surface area (Å²) in [6, 6.07) is 8.16. The summed E-state index contributed by atoms with van der Waals surface area (Å²) in [5.74, 6) is -0.702. The Bertz CT molecular complexity index is 1050. The quantitative estimate of drug-likeness (QED) is 0.448. The Morgan fingerprint density at radius 1 is 1.28 bits per heavy atom. The fourth-order valence-corrected chi connectivity index (χ4v) is 3.27. The molecule has 2 aromatic carbocycles. The molecule has 150 valence electrons. The van der Waals surface area contributed by atoms with Crippen molar-refractivity contribution < 1.29 is 23.6 Å². The molecular weight excluding hydrogens is 401 g/mol. The molecule has 1 heterocycles. The van der Waals surface area contributed by atoms with Crippen LogP contribution in [0.4, 0.5) is 15.2 Å². The second-order valence-electron chi connectivity index (χ2n) is 5.71. The monoisotopic (exact) mass is 417 g/mol. The largest absolute Gasteiger partial charge is 0.493 e. The number of ether oxygens (including phenoxy) is 2. The van der Waals surface area contributed by atoms with Crippen LogP contribution in [0.3, 0.4) is 0 Å². The van der Waals surface area contributed by atoms with Crippen LogP contribution in [0.2, 0.25) is 0 Å². The Labute approximate surface area is 169 Å². The van der Waals surface area contributed by atoms with E-state index in [9.17, 15) is 19.3 Å². The van der Waals surface area contributed by atoms with Gasteiger partial charge >= 0.3 is 0 Å². The topological polar surface area (TPSA) is 104 Å². The lowest BCUT2D eigenvalue weighted by Gasteiger charge is -2.11. The van der Waals surface area contributed by atoms with E-state index in [1.165, 1.54) is 25.3 Å². The SMILES string of the molecule is CCOc1cc([N+](=O)[O-])c(C(=O)Nc2nc(-c3ccc(F)cc3)cs2)cc1OC. The van der Waals surface area contributed by atoms with Crippen molar-refractivity contribution in [3.05, 3.63) is 63.3 Å². The van der Waals surface area contributed by atoms with Crippen LogP contribution in [0.5, 0.6) is 11.5 Å². The van der Waals surface area contributed by atoms with Crippen molar-refractivity contribution in [3.8, 4) is 22.8 Å². The Balaban J connectivity index is 1.89. The molecule has 0 saturated heterocycles. The van der Waals surface area contributed by atoms with Gasteiger partial charge in [-0.15, -0.1) is 11.3 Å². The number of hydrogen-bond donors (Lipinski definition) is 1. The minimum atomic E-state index is -0.710. The maximum Gasteiger partial charge on any atom is 0.286 e. The molecule has 3 rings (SSSR count). The van der Waals surface area contributed by atoms with E-state index in [4.69, 9.17) is 9.47 Å². The third kappa shape index (κ3) is 4.49. The second-order valence-corrected chi connectivity index (χ2v) is 6.57. The van der Waals surface area contributed by atoms with E-state index in [0.29, 0.717) is 11.3 Å². The molecule has 0 aliphatic heterocycles. The van der Waals surface area contributed by atoms with Crippen LogP contribution >= 0.6 is 11.3 Å². The fourth-order valence-electron chi connectivity index (χ4n) is 2.56. The molecule has 8 nitrogen and oxygen atoms in total. The summed E-state index contributed by atoms with van der Waals surface area (Å²) in [6.07, 6.45) is 0. The van der Waals surface area contributed by atoms with E-state index in [-0.39, 0.29) is 34.6 Å². The Morgan fingerprint density at radius 2 is 2.00 bits per heavy atom. The van der Waals surface area contributed by atoms with Gasteiger partial charge in [-0.1, -0.05) is 0 Å². The fraction of sp³-hybridized carbons (Fsp3) is 0.158. The molecule has 0 radical (unpaired) electrons. The number of carbonyl (C=O) groups is 1. The van der Waals surface area contributed by atoms with Crippen LogP contribution in [-0.2, 0) is 0 Å². The summed E-state index contributed by atoms with van der Waals surface area (Å²) in [4.78, 5) is 27.7. The summed E-state index contributed by atoms with van der Waals surface area (Å²) < 4.78 is 23.6. The Kier molecular flexibility index (Phi) is 6.03. The smallest absolute Gasteiger partial charge is 0.286 e. The number of aromatic nitrogens is 1. The summed E-state index contributed by atoms with van der Waals surface area (Å²) in [5, 5.41) is 15.9. The number of anilines is 1. The minimum Gasteiger partial charge on any atom is -0.493 e. The van der Waals surface area contributed by atoms with E-state index in [1.807, 2.05) is 0 Å². The highest BCUT2D eigenvalue weighted by atomic mass is 32.1. The summed E-state index contributed by atoms with van der Waals surface area (Å²) in [5.41, 5.74) is 0.622. The molecule has 1 N–H and O–H groups in total. The molecule has 0 unspecified atom stereocenters. The highest BCUT2D eigenvalue weighted by Crippen LogP contribution is 2.35. The zero-order valence-electron chi connectivity index (χ0n) is 15.5. The van der Waals surface area contributed by atoms with Gasteiger partial charge in [-0.25, -0.2) is 9.37 Å². The average molecular weight is 417 g/mol. The zero-order chi connectivity index (χ0) is 21.0. The first-order valence-corrected chi connectivity index (χ1v) is 9.33. The normalized spacial score (nSPS) is 10.4. The molecule has 0 aliphatic carbocycles. The lowest BCUT2D eigenvalue weighted by Crippen LogP contribution is -2.14. The number of nitro groups is 1. The van der Waals surface area contributed by atoms with Crippen molar-refractivity contribution in [2.75, 3.05) is 19.0 Å². The van der Waals surface area contributed by atoms with Gasteiger partial charge in [0.05, 0.1) is 30.4 Å². The predicted octanol–water partition coefficient (Wildman–Crippen LogP) is 4.52. The predicted molar refractivity (Wildman–Crippen MR) is 106 cm³/mol. The van der Waals surface area contributed by atoms with Gasteiger partial charge in [0.2, 0.25) is 0 Å². The first-order valence-electron chi connectivity index (χ1n) is 8.45. The van der Waals surface area contributed by atoms with Gasteiger partial charge in [0, 0.05) is 17.0 Å². The number of nitrogens with one attached hydrogen (secondary N) is 1. The molecule has 1 aromatic heterocycles. The maximum absolute atomic E-state index is 13.1. The van der Waals surface area contributed by atoms with Gasteiger partial charge in [-0.2, -0.15) is 0 Å². The van der Waals surface area contributed by atoms with Crippen molar-refractivity contribution in [1.82, 2.24) is 4.98 Å². The van der Waals surface area contributed by atoms with Crippen LogP contribution in [0.25, 0.3) is 11.3 Å². The number of amides is 1. The molecule has 0 spiro atoms. The van der Waals surface area contributed by atoms with E-state index < -0.39 is 16.5 Å². The van der Waals surface area contributed by atoms with Crippen molar-refractivity contribution in [3.63, 3.8) is 0 Å². The molecule has 3 aromatic rings. The molecule has 0 fully saturated rings. The first kappa shape index (κ1) is 20.2. The summed E-state index contributed by atoms with van der Waals surface area (Å²) >= 11 is 1.14. The van der Waals surface area contributed by atoms with E-state index in [1.54, 1.807) is 24.4 Å². The standard InChI is InChI=1S/C19H16FN3O5S/c1-3-28-17-9-15(23(25)26)13(8-16(17)27-2)18(24)22-19-21-14(10-29-19)11-4-6-12(20)7-5-11/h4-10H,3H2,1-2H3,(H,21,22,24). The molecule has 0 atom stereocenters. The number of rotatable bonds is 7. The molecule has 0 bridgehead atoms. The number of halogens is 1. The molecule has 0 saturated carbocycles. The zero-order valence-corrected chi connectivity index (χ0v) is 16.3. The third-order valence-corrected chi connectivity index (χ3v) is 4.65. The molecule has 29 heavy (non-hydrogen) atoms. The van der Waals surface area contributed by atoms with Crippen LogP contribution in [-0.4, -0.2) is 29.5 Å². The van der Waals surface area contributed by atoms with Crippen molar-refractivity contribution in [2.45, 2.75) is 6.92 Å². The van der Waals surface area contributed by atoms with E-state index in [0.717, 1.165) is 17.4 Å². The van der Waals surface area contributed by atoms with Crippen LogP contribution in [0.1, 0.15) is 17.3 Å². The summed E-state index contributed by atoms with van der Waals surface area (Å²) in [7, 11) is 1.38. The lowest BCUT2D eigenvalue weighted by molar-refractivity contribution is -0.385. The minimum absolute atomic E-state index is 0.172. The van der Waals surface area contributed by atoms with Gasteiger partial charge in [-0.3, -0.25) is 20.2 Å². The number of nitrogens with zero attached hydrogens (tertiary/aromatic N) is 2. The van der Waals surface area contributed by atoms with Crippen LogP contribution < -0.4 is 14.8 Å². The summed E-state index contributed by atoms with van der Waals surface area (Å²) in [6.45, 7) is 2.01. The van der Waals surface area contributed by atoms with Gasteiger partial charge in [0.1, 0.15) is 11.4 Å². The first-order chi connectivity index (χ1) is 13.9. The average Bonchev–Trinajstić information content (AvgIpc) is 3.16. The number of carbonyl (C=O) groups excluding carboxylic acids is 1. The number of methoxy groups -OCH3 is 1. The second kappa shape index (κ2) is 8.65. The van der Waals surface area contributed by atoms with Crippen molar-refractivity contribution >= 4 is 28.1 Å². The number of benzene rings is 2. The Hall–Kier alpha value is -3.53.